The quantitative estimate of drug-likeness (QED) is 0.308. The van der Waals surface area contributed by atoms with Crippen LogP contribution < -0.4 is 10.6 Å². The van der Waals surface area contributed by atoms with Crippen LogP contribution >= 0.6 is 24.0 Å². The lowest BCUT2D eigenvalue weighted by Gasteiger charge is -2.31. The van der Waals surface area contributed by atoms with E-state index < -0.39 is 0 Å². The van der Waals surface area contributed by atoms with Crippen LogP contribution in [0.1, 0.15) is 54.8 Å². The summed E-state index contributed by atoms with van der Waals surface area (Å²) in [6, 6.07) is 9.04. The van der Waals surface area contributed by atoms with E-state index in [2.05, 4.69) is 77.6 Å². The lowest BCUT2D eigenvalue weighted by molar-refractivity contribution is 0.176. The maximum Gasteiger partial charge on any atom is 0.191 e. The Morgan fingerprint density at radius 2 is 1.97 bits per heavy atom. The zero-order valence-electron chi connectivity index (χ0n) is 20.6. The number of guanidine groups is 1. The predicted octanol–water partition coefficient (Wildman–Crippen LogP) is 4.18. The molecule has 0 amide bonds. The third kappa shape index (κ3) is 7.20. The van der Waals surface area contributed by atoms with Gasteiger partial charge in [0.05, 0.1) is 5.69 Å². The van der Waals surface area contributed by atoms with Crippen LogP contribution in [0.3, 0.4) is 0 Å². The first kappa shape index (κ1) is 26.6. The lowest BCUT2D eigenvalue weighted by atomic mass is 9.99. The first-order valence-electron chi connectivity index (χ1n) is 11.6. The molecule has 2 N–H and O–H groups in total. The fourth-order valence-electron chi connectivity index (χ4n) is 4.63. The molecular formula is C25H41IN6. The maximum absolute atomic E-state index is 4.54. The lowest BCUT2D eigenvalue weighted by Crippen LogP contribution is -2.43. The molecule has 0 saturated carbocycles. The average Bonchev–Trinajstić information content (AvgIpc) is 2.98. The second-order valence-corrected chi connectivity index (χ2v) is 9.20. The molecule has 1 aromatic carbocycles. The Balaban J connectivity index is 0.00000363. The normalized spacial score (nSPS) is 18.2. The number of nitrogens with one attached hydrogen (secondary N) is 2. The Morgan fingerprint density at radius 3 is 2.59 bits per heavy atom. The number of hydrogen-bond acceptors (Lipinski definition) is 3. The number of aryl methyl sites for hydroxylation is 2. The number of benzene rings is 1. The zero-order chi connectivity index (χ0) is 22.4. The molecule has 2 unspecified atom stereocenters. The first-order valence-corrected chi connectivity index (χ1v) is 11.6. The van der Waals surface area contributed by atoms with Crippen molar-refractivity contribution < 1.29 is 0 Å². The number of halogens is 1. The third-order valence-corrected chi connectivity index (χ3v) is 6.48. The minimum absolute atomic E-state index is 0. The summed E-state index contributed by atoms with van der Waals surface area (Å²) in [7, 11) is 3.84. The van der Waals surface area contributed by atoms with Crippen molar-refractivity contribution in [2.75, 3.05) is 20.1 Å². The van der Waals surface area contributed by atoms with E-state index in [4.69, 9.17) is 0 Å². The standard InChI is InChI=1S/C25H40N6.HI/c1-18-10-9-13-31(16-18)17-23-12-8-7-11-22(23)15-27-25(26-5)28-19(2)14-24-20(3)29-30(6)21(24)4;/h7-8,11-12,18-19H,9-10,13-17H2,1-6H3,(H2,26,27,28);1H. The highest BCUT2D eigenvalue weighted by Gasteiger charge is 2.18. The molecule has 3 rings (SSSR count). The van der Waals surface area contributed by atoms with Crippen molar-refractivity contribution in [1.29, 1.82) is 0 Å². The summed E-state index contributed by atoms with van der Waals surface area (Å²) in [4.78, 5) is 7.05. The van der Waals surface area contributed by atoms with Gasteiger partial charge in [0.15, 0.2) is 5.96 Å². The predicted molar refractivity (Wildman–Crippen MR) is 145 cm³/mol. The highest BCUT2D eigenvalue weighted by molar-refractivity contribution is 14.0. The van der Waals surface area contributed by atoms with Crippen molar-refractivity contribution in [3.63, 3.8) is 0 Å². The zero-order valence-corrected chi connectivity index (χ0v) is 22.9. The Hall–Kier alpha value is -1.61. The highest BCUT2D eigenvalue weighted by atomic mass is 127. The molecule has 1 saturated heterocycles. The summed E-state index contributed by atoms with van der Waals surface area (Å²) in [6.45, 7) is 13.0. The van der Waals surface area contributed by atoms with Crippen molar-refractivity contribution in [3.8, 4) is 0 Å². The maximum atomic E-state index is 4.54. The van der Waals surface area contributed by atoms with E-state index in [9.17, 15) is 0 Å². The molecule has 0 aliphatic carbocycles. The number of hydrogen-bond donors (Lipinski definition) is 2. The van der Waals surface area contributed by atoms with E-state index in [0.717, 1.165) is 37.1 Å². The second-order valence-electron chi connectivity index (χ2n) is 9.20. The van der Waals surface area contributed by atoms with Crippen LogP contribution in [0.15, 0.2) is 29.3 Å². The van der Waals surface area contributed by atoms with Gasteiger partial charge in [-0.15, -0.1) is 24.0 Å². The Labute approximate surface area is 211 Å². The van der Waals surface area contributed by atoms with Gasteiger partial charge in [-0.05, 0) is 69.2 Å². The van der Waals surface area contributed by atoms with E-state index >= 15 is 0 Å². The van der Waals surface area contributed by atoms with Gasteiger partial charge < -0.3 is 10.6 Å². The molecule has 2 atom stereocenters. The summed E-state index contributed by atoms with van der Waals surface area (Å²) in [5.74, 6) is 1.64. The molecular weight excluding hydrogens is 511 g/mol. The SMILES string of the molecule is CN=C(NCc1ccccc1CN1CCCC(C)C1)NC(C)Cc1c(C)nn(C)c1C.I. The van der Waals surface area contributed by atoms with Crippen LogP contribution in [0.5, 0.6) is 0 Å². The Kier molecular flexibility index (Phi) is 10.5. The first-order chi connectivity index (χ1) is 14.9. The number of likely N-dealkylation sites (tertiary alicyclic amines) is 1. The van der Waals surface area contributed by atoms with Crippen LogP contribution in [-0.4, -0.2) is 46.8 Å². The molecule has 1 aliphatic heterocycles. The van der Waals surface area contributed by atoms with E-state index in [1.165, 1.54) is 48.3 Å². The third-order valence-electron chi connectivity index (χ3n) is 6.48. The van der Waals surface area contributed by atoms with Gasteiger partial charge >= 0.3 is 0 Å². The molecule has 0 radical (unpaired) electrons. The number of aromatic nitrogens is 2. The van der Waals surface area contributed by atoms with Gasteiger partial charge in [-0.1, -0.05) is 31.2 Å². The van der Waals surface area contributed by atoms with Crippen molar-refractivity contribution in [1.82, 2.24) is 25.3 Å². The van der Waals surface area contributed by atoms with Crippen LogP contribution in [0.4, 0.5) is 0 Å². The monoisotopic (exact) mass is 552 g/mol. The van der Waals surface area contributed by atoms with Crippen LogP contribution in [-0.2, 0) is 26.6 Å². The molecule has 6 nitrogen and oxygen atoms in total. The van der Waals surface area contributed by atoms with Crippen molar-refractivity contribution >= 4 is 29.9 Å². The summed E-state index contributed by atoms with van der Waals surface area (Å²) in [5, 5.41) is 11.6. The molecule has 0 bridgehead atoms. The number of aliphatic imine (C=N–C) groups is 1. The largest absolute Gasteiger partial charge is 0.354 e. The van der Waals surface area contributed by atoms with Crippen molar-refractivity contribution in [2.45, 2.75) is 66.1 Å². The van der Waals surface area contributed by atoms with Gasteiger partial charge in [0, 0.05) is 45.5 Å². The smallest absolute Gasteiger partial charge is 0.191 e. The number of rotatable bonds is 7. The van der Waals surface area contributed by atoms with Gasteiger partial charge in [0.25, 0.3) is 0 Å². The fourth-order valence-corrected chi connectivity index (χ4v) is 4.63. The van der Waals surface area contributed by atoms with Crippen LogP contribution in [0, 0.1) is 19.8 Å². The molecule has 32 heavy (non-hydrogen) atoms. The van der Waals surface area contributed by atoms with E-state index in [0.29, 0.717) is 0 Å². The van der Waals surface area contributed by atoms with Gasteiger partial charge in [-0.25, -0.2) is 0 Å². The summed E-state index contributed by atoms with van der Waals surface area (Å²) in [6.07, 6.45) is 3.60. The van der Waals surface area contributed by atoms with Crippen molar-refractivity contribution in [2.24, 2.45) is 18.0 Å². The molecule has 1 aromatic heterocycles. The van der Waals surface area contributed by atoms with Crippen LogP contribution in [0.25, 0.3) is 0 Å². The van der Waals surface area contributed by atoms with E-state index in [-0.39, 0.29) is 30.0 Å². The van der Waals surface area contributed by atoms with E-state index in [1.54, 1.807) is 0 Å². The summed E-state index contributed by atoms with van der Waals surface area (Å²) in [5.41, 5.74) is 6.41. The molecule has 0 spiro atoms. The molecule has 178 valence electrons. The molecule has 7 heteroatoms. The fraction of sp³-hybridized carbons (Fsp3) is 0.600. The Morgan fingerprint density at radius 1 is 1.25 bits per heavy atom. The molecule has 1 fully saturated rings. The average molecular weight is 553 g/mol. The topological polar surface area (TPSA) is 57.5 Å². The molecule has 1 aliphatic rings. The van der Waals surface area contributed by atoms with E-state index in [1.807, 2.05) is 18.8 Å². The van der Waals surface area contributed by atoms with Gasteiger partial charge in [-0.2, -0.15) is 5.10 Å². The molecule has 2 heterocycles. The highest BCUT2D eigenvalue weighted by Crippen LogP contribution is 2.19. The molecule has 2 aromatic rings. The second kappa shape index (κ2) is 12.6. The number of piperidine rings is 1. The van der Waals surface area contributed by atoms with Gasteiger partial charge in [0.1, 0.15) is 0 Å². The van der Waals surface area contributed by atoms with Crippen LogP contribution in [0.2, 0.25) is 0 Å². The Bertz CT molecular complexity index is 891. The minimum atomic E-state index is 0. The van der Waals surface area contributed by atoms with Gasteiger partial charge in [-0.3, -0.25) is 14.6 Å². The van der Waals surface area contributed by atoms with Crippen molar-refractivity contribution in [3.05, 3.63) is 52.3 Å². The van der Waals surface area contributed by atoms with Gasteiger partial charge in [0.2, 0.25) is 0 Å². The minimum Gasteiger partial charge on any atom is -0.354 e. The number of nitrogens with zero attached hydrogens (tertiary/aromatic N) is 4. The summed E-state index contributed by atoms with van der Waals surface area (Å²) < 4.78 is 1.96. The summed E-state index contributed by atoms with van der Waals surface area (Å²) >= 11 is 0.